The van der Waals surface area contributed by atoms with E-state index in [9.17, 15) is 60.3 Å². The van der Waals surface area contributed by atoms with Crippen molar-refractivity contribution in [3.63, 3.8) is 0 Å². The number of allylic oxidation sites excluding steroid dienone is 4. The van der Waals surface area contributed by atoms with Gasteiger partial charge in [-0.1, -0.05) is 51.3 Å². The summed E-state index contributed by atoms with van der Waals surface area (Å²) in [5, 5.41) is 103. The first kappa shape index (κ1) is 60.5. The van der Waals surface area contributed by atoms with Crippen molar-refractivity contribution in [3.05, 3.63) is 22.8 Å². The van der Waals surface area contributed by atoms with Crippen molar-refractivity contribution >= 4 is 17.6 Å². The van der Waals surface area contributed by atoms with Crippen LogP contribution >= 0.6 is 0 Å². The van der Waals surface area contributed by atoms with Gasteiger partial charge in [-0.3, -0.25) is 14.4 Å². The van der Waals surface area contributed by atoms with Crippen LogP contribution in [0.2, 0.25) is 0 Å². The number of ketones is 1. The molecule has 22 nitrogen and oxygen atoms in total. The minimum absolute atomic E-state index is 0.107. The number of amides is 2. The zero-order valence-electron chi connectivity index (χ0n) is 46.1. The number of aliphatic hydroxyl groups excluding tert-OH is 9. The Kier molecular flexibility index (Phi) is 18.9. The molecule has 22 heteroatoms. The molecule has 8 aliphatic rings. The molecule has 0 aromatic heterocycles. The van der Waals surface area contributed by atoms with E-state index in [1.165, 1.54) is 13.8 Å². The molecule has 4 aliphatic heterocycles. The molecular formula is C55H88N2O20. The van der Waals surface area contributed by atoms with Crippen molar-refractivity contribution in [1.82, 2.24) is 10.6 Å². The van der Waals surface area contributed by atoms with Crippen LogP contribution < -0.4 is 10.6 Å². The first-order valence-corrected chi connectivity index (χ1v) is 27.8. The van der Waals surface area contributed by atoms with E-state index in [2.05, 4.69) is 45.3 Å². The number of hydrogen-bond acceptors (Lipinski definition) is 20. The summed E-state index contributed by atoms with van der Waals surface area (Å²) in [5.74, 6) is 0.317. The molecule has 4 heterocycles. The SMILES string of the molecule is CC(=O)N[C@H]1[C@H](O[C@@H]2CO[C@@H](O[C@H]3CC[C@]4(C)C5=C(CCC4C3(C)C)C3CCC([C@H](C)CC(=O)C=C(C)C)[C@@]3(C)CC5)[C@H](O[C@@H]3O[C@H](CO[C@@H]4OC[C@@H](O)[C@H](O)[C@H]4O)[C@@H](O)[C@H](O)[C@H]3NC(C)=O)[C@H]2O)O[C@H](CO)[C@H](O)[C@@H]1O. The second-order valence-electron chi connectivity index (χ2n) is 24.8. The van der Waals surface area contributed by atoms with Gasteiger partial charge in [-0.25, -0.2) is 0 Å². The van der Waals surface area contributed by atoms with Gasteiger partial charge in [0.25, 0.3) is 0 Å². The Hall–Kier alpha value is -2.59. The van der Waals surface area contributed by atoms with E-state index in [1.807, 2.05) is 13.8 Å². The third kappa shape index (κ3) is 12.0. The Labute approximate surface area is 451 Å². The molecule has 2 saturated carbocycles. The van der Waals surface area contributed by atoms with Crippen molar-refractivity contribution in [2.75, 3.05) is 26.4 Å². The van der Waals surface area contributed by atoms with Crippen LogP contribution in [-0.2, 0) is 52.3 Å². The van der Waals surface area contributed by atoms with Gasteiger partial charge in [0.15, 0.2) is 30.9 Å². The van der Waals surface area contributed by atoms with Crippen LogP contribution in [0.25, 0.3) is 0 Å². The lowest BCUT2D eigenvalue weighted by Gasteiger charge is -2.61. The van der Waals surface area contributed by atoms with Gasteiger partial charge in [-0.15, -0.1) is 0 Å². The number of nitrogens with one attached hydrogen (secondary N) is 2. The normalized spacial score (nSPS) is 46.2. The largest absolute Gasteiger partial charge is 0.394 e. The minimum Gasteiger partial charge on any atom is -0.394 e. The molecule has 2 amide bonds. The van der Waals surface area contributed by atoms with Gasteiger partial charge < -0.3 is 94.5 Å². The molecule has 3 unspecified atom stereocenters. The predicted octanol–water partition coefficient (Wildman–Crippen LogP) is 0.131. The monoisotopic (exact) mass is 1100 g/mol. The summed E-state index contributed by atoms with van der Waals surface area (Å²) in [5.41, 5.74) is 3.67. The number of hydrogen-bond donors (Lipinski definition) is 11. The van der Waals surface area contributed by atoms with Crippen LogP contribution in [-0.4, -0.2) is 207 Å². The highest BCUT2D eigenvalue weighted by atomic mass is 16.8. The molecule has 77 heavy (non-hydrogen) atoms. The van der Waals surface area contributed by atoms with Crippen LogP contribution in [0.1, 0.15) is 120 Å². The number of rotatable bonds is 16. The molecule has 0 radical (unpaired) electrons. The third-order valence-electron chi connectivity index (χ3n) is 19.1. The number of ether oxygens (including phenoxy) is 8. The predicted molar refractivity (Wildman–Crippen MR) is 270 cm³/mol. The highest BCUT2D eigenvalue weighted by Crippen LogP contribution is 2.68. The Balaban J connectivity index is 1.05. The molecule has 0 spiro atoms. The highest BCUT2D eigenvalue weighted by Gasteiger charge is 2.61. The fourth-order valence-electron chi connectivity index (χ4n) is 15.2. The van der Waals surface area contributed by atoms with Gasteiger partial charge in [0.1, 0.15) is 85.3 Å². The number of fused-ring (bicyclic) bond motifs is 4. The standard InChI is InChI=1S/C55H88N2O20/c1-24(2)18-28(61)19-25(3)30-11-12-31-29-10-13-37-53(6,7)38(15-17-55(37,9)32(29)14-16-54(30,31)8)76-52-48(44(66)36(23-72-52)75-49-39(56-26(4)59)45(67)42(64)34(20-58)73-49)77-50-40(57-27(5)60)46(68)43(65)35(74-50)22-71-51-47(69)41(63)33(62)21-70-51/h18,25,30-31,33-52,58,62-69H,10-17,19-23H2,1-9H3,(H,56,59)(H,57,60)/t25-,30?,31?,33-,34-,35-,36-,37?,38+,39-,40-,41+,42+,43-,44+,45-,46-,47-,48-,49+,50+,51+,52+,54-,55-/m1/s1. The summed E-state index contributed by atoms with van der Waals surface area (Å²) in [7, 11) is 0. The molecule has 6 fully saturated rings. The lowest BCUT2D eigenvalue weighted by molar-refractivity contribution is -0.371. The van der Waals surface area contributed by atoms with E-state index in [0.29, 0.717) is 24.7 Å². The van der Waals surface area contributed by atoms with Crippen molar-refractivity contribution in [2.45, 2.75) is 237 Å². The quantitative estimate of drug-likeness (QED) is 0.0723. The van der Waals surface area contributed by atoms with Crippen molar-refractivity contribution in [1.29, 1.82) is 0 Å². The Morgan fingerprint density at radius 2 is 1.31 bits per heavy atom. The van der Waals surface area contributed by atoms with Crippen molar-refractivity contribution < 1.29 is 98.2 Å². The lowest BCUT2D eigenvalue weighted by Crippen LogP contribution is -2.68. The van der Waals surface area contributed by atoms with Crippen LogP contribution in [0.5, 0.6) is 0 Å². The Morgan fingerprint density at radius 3 is 1.95 bits per heavy atom. The first-order chi connectivity index (χ1) is 36.2. The second-order valence-corrected chi connectivity index (χ2v) is 24.8. The molecule has 11 N–H and O–H groups in total. The fraction of sp³-hybridized carbons (Fsp3) is 0.873. The minimum atomic E-state index is -1.78. The topological polar surface area (TPSA) is 331 Å². The fourth-order valence-corrected chi connectivity index (χ4v) is 15.2. The average molecular weight is 1100 g/mol. The molecule has 0 aromatic rings. The van der Waals surface area contributed by atoms with Crippen molar-refractivity contribution in [3.8, 4) is 0 Å². The maximum atomic E-state index is 13.0. The van der Waals surface area contributed by atoms with Crippen LogP contribution in [0, 0.1) is 39.9 Å². The summed E-state index contributed by atoms with van der Waals surface area (Å²) >= 11 is 0. The van der Waals surface area contributed by atoms with Crippen LogP contribution in [0.3, 0.4) is 0 Å². The van der Waals surface area contributed by atoms with E-state index in [1.54, 1.807) is 17.2 Å². The molecule has 25 atom stereocenters. The molecule has 4 aliphatic carbocycles. The highest BCUT2D eigenvalue weighted by molar-refractivity contribution is 5.90. The Morgan fingerprint density at radius 1 is 0.688 bits per heavy atom. The maximum absolute atomic E-state index is 13.0. The lowest BCUT2D eigenvalue weighted by atomic mass is 9.45. The molecule has 0 bridgehead atoms. The van der Waals surface area contributed by atoms with Crippen molar-refractivity contribution in [2.24, 2.45) is 39.9 Å². The maximum Gasteiger partial charge on any atom is 0.217 e. The van der Waals surface area contributed by atoms with E-state index < -0.39 is 147 Å². The second kappa shape index (κ2) is 24.1. The Bertz CT molecular complexity index is 2160. The van der Waals surface area contributed by atoms with Gasteiger partial charge in [0.05, 0.1) is 32.5 Å². The van der Waals surface area contributed by atoms with Gasteiger partial charge >= 0.3 is 0 Å². The first-order valence-electron chi connectivity index (χ1n) is 27.8. The molecule has 4 saturated heterocycles. The summed E-state index contributed by atoms with van der Waals surface area (Å²) < 4.78 is 49.5. The molecule has 0 aromatic carbocycles. The molecule has 8 rings (SSSR count). The summed E-state index contributed by atoms with van der Waals surface area (Å²) in [6.07, 6.45) is -15.7. The zero-order chi connectivity index (χ0) is 56.2. The van der Waals surface area contributed by atoms with E-state index in [4.69, 9.17) is 37.9 Å². The summed E-state index contributed by atoms with van der Waals surface area (Å²) in [4.78, 5) is 38.0. The summed E-state index contributed by atoms with van der Waals surface area (Å²) in [6.45, 7) is 15.8. The zero-order valence-corrected chi connectivity index (χ0v) is 46.1. The molecule has 438 valence electrons. The van der Waals surface area contributed by atoms with Crippen LogP contribution in [0.15, 0.2) is 22.8 Å². The molecular weight excluding hydrogens is 1010 g/mol. The number of carbonyl (C=O) groups excluding carboxylic acids is 3. The van der Waals surface area contributed by atoms with Gasteiger partial charge in [0, 0.05) is 20.3 Å². The summed E-state index contributed by atoms with van der Waals surface area (Å²) in [6, 6.07) is -2.86. The van der Waals surface area contributed by atoms with E-state index >= 15 is 0 Å². The van der Waals surface area contributed by atoms with E-state index in [-0.39, 0.29) is 41.7 Å². The van der Waals surface area contributed by atoms with E-state index in [0.717, 1.165) is 50.5 Å². The van der Waals surface area contributed by atoms with Gasteiger partial charge in [0.2, 0.25) is 11.8 Å². The van der Waals surface area contributed by atoms with Crippen LogP contribution in [0.4, 0.5) is 0 Å². The van der Waals surface area contributed by atoms with Gasteiger partial charge in [-0.05, 0) is 111 Å². The smallest absolute Gasteiger partial charge is 0.217 e. The number of aliphatic hydroxyl groups is 9. The third-order valence-corrected chi connectivity index (χ3v) is 19.1. The number of carbonyl (C=O) groups is 3. The average Bonchev–Trinajstić information content (AvgIpc) is 3.84. The van der Waals surface area contributed by atoms with Gasteiger partial charge in [-0.2, -0.15) is 0 Å².